The molecule has 0 spiro atoms. The quantitative estimate of drug-likeness (QED) is 0.842. The highest BCUT2D eigenvalue weighted by Gasteiger charge is 2.22. The number of carbonyl (C=O) groups excluding carboxylic acids is 1. The highest BCUT2D eigenvalue weighted by molar-refractivity contribution is 8.00. The predicted octanol–water partition coefficient (Wildman–Crippen LogP) is 3.73. The molecular weight excluding hydrogens is 318 g/mol. The summed E-state index contributed by atoms with van der Waals surface area (Å²) in [5.41, 5.74) is 0. The molecule has 0 aromatic carbocycles. The van der Waals surface area contributed by atoms with Gasteiger partial charge in [-0.15, -0.1) is 21.5 Å². The predicted molar refractivity (Wildman–Crippen MR) is 87.9 cm³/mol. The van der Waals surface area contributed by atoms with Gasteiger partial charge >= 0.3 is 0 Å². The minimum Gasteiger partial charge on any atom is -0.410 e. The molecule has 22 heavy (non-hydrogen) atoms. The topological polar surface area (TPSA) is 68.0 Å². The van der Waals surface area contributed by atoms with Crippen molar-refractivity contribution in [2.45, 2.75) is 55.5 Å². The van der Waals surface area contributed by atoms with Crippen molar-refractivity contribution in [3.05, 3.63) is 17.5 Å². The Morgan fingerprint density at radius 1 is 1.41 bits per heavy atom. The molecule has 5 nitrogen and oxygen atoms in total. The minimum atomic E-state index is -0.237. The molecule has 1 atom stereocenters. The first-order valence-electron chi connectivity index (χ1n) is 7.57. The summed E-state index contributed by atoms with van der Waals surface area (Å²) in [7, 11) is 0. The number of amides is 1. The van der Waals surface area contributed by atoms with Crippen molar-refractivity contribution in [1.29, 1.82) is 0 Å². The smallest absolute Gasteiger partial charge is 0.277 e. The monoisotopic (exact) mass is 337 g/mol. The summed E-state index contributed by atoms with van der Waals surface area (Å²) in [5.74, 6) is 0.560. The average molecular weight is 337 g/mol. The summed E-state index contributed by atoms with van der Waals surface area (Å²) in [5, 5.41) is 13.3. The largest absolute Gasteiger partial charge is 0.410 e. The van der Waals surface area contributed by atoms with E-state index in [0.717, 1.165) is 17.7 Å². The summed E-state index contributed by atoms with van der Waals surface area (Å²) in [6.45, 7) is 1.87. The highest BCUT2D eigenvalue weighted by atomic mass is 32.2. The van der Waals surface area contributed by atoms with E-state index in [1.165, 1.54) is 31.0 Å². The van der Waals surface area contributed by atoms with Crippen LogP contribution in [-0.4, -0.2) is 27.4 Å². The van der Waals surface area contributed by atoms with Crippen LogP contribution < -0.4 is 5.32 Å². The number of thioether (sulfide) groups is 1. The van der Waals surface area contributed by atoms with Gasteiger partial charge in [0, 0.05) is 6.04 Å². The first-order chi connectivity index (χ1) is 10.7. The molecule has 2 aromatic heterocycles. The molecule has 118 valence electrons. The van der Waals surface area contributed by atoms with Crippen LogP contribution >= 0.6 is 23.1 Å². The van der Waals surface area contributed by atoms with E-state index in [1.54, 1.807) is 11.3 Å². The summed E-state index contributed by atoms with van der Waals surface area (Å²) in [6.07, 6.45) is 5.88. The first-order valence-corrected chi connectivity index (χ1v) is 9.33. The fraction of sp³-hybridized carbons (Fsp3) is 0.533. The maximum absolute atomic E-state index is 12.2. The number of nitrogens with one attached hydrogen (secondary N) is 1. The van der Waals surface area contributed by atoms with Gasteiger partial charge in [0.1, 0.15) is 0 Å². The van der Waals surface area contributed by atoms with Crippen LogP contribution in [-0.2, 0) is 4.79 Å². The molecule has 1 saturated carbocycles. The van der Waals surface area contributed by atoms with Crippen molar-refractivity contribution in [1.82, 2.24) is 15.5 Å². The van der Waals surface area contributed by atoms with E-state index in [1.807, 2.05) is 24.4 Å². The van der Waals surface area contributed by atoms with Gasteiger partial charge in [-0.25, -0.2) is 0 Å². The summed E-state index contributed by atoms with van der Waals surface area (Å²) < 4.78 is 5.61. The van der Waals surface area contributed by atoms with E-state index in [-0.39, 0.29) is 11.2 Å². The molecule has 3 rings (SSSR count). The molecule has 7 heteroatoms. The van der Waals surface area contributed by atoms with Crippen LogP contribution in [0.2, 0.25) is 0 Å². The molecular formula is C15H19N3O2S2. The summed E-state index contributed by atoms with van der Waals surface area (Å²) >= 11 is 2.86. The van der Waals surface area contributed by atoms with E-state index in [0.29, 0.717) is 17.2 Å². The Morgan fingerprint density at radius 2 is 2.23 bits per heavy atom. The van der Waals surface area contributed by atoms with Gasteiger partial charge in [-0.2, -0.15) is 0 Å². The lowest BCUT2D eigenvalue weighted by molar-refractivity contribution is -0.121. The van der Waals surface area contributed by atoms with Crippen molar-refractivity contribution < 1.29 is 9.21 Å². The van der Waals surface area contributed by atoms with Gasteiger partial charge < -0.3 is 9.73 Å². The van der Waals surface area contributed by atoms with E-state index in [9.17, 15) is 4.79 Å². The number of hydrogen-bond acceptors (Lipinski definition) is 6. The van der Waals surface area contributed by atoms with Gasteiger partial charge in [0.15, 0.2) is 0 Å². The van der Waals surface area contributed by atoms with Crippen LogP contribution in [0.4, 0.5) is 0 Å². The lowest BCUT2D eigenvalue weighted by atomic mass is 9.95. The van der Waals surface area contributed by atoms with Gasteiger partial charge in [-0.1, -0.05) is 37.1 Å². The van der Waals surface area contributed by atoms with Crippen LogP contribution in [0.1, 0.15) is 39.0 Å². The Kier molecular flexibility index (Phi) is 5.15. The van der Waals surface area contributed by atoms with Crippen molar-refractivity contribution in [2.24, 2.45) is 0 Å². The number of carbonyl (C=O) groups is 1. The standard InChI is InChI=1S/C15H19N3O2S2/c1-10(13(19)16-11-6-3-2-4-7-11)22-15-18-17-14(20-15)12-8-5-9-21-12/h5,8-11H,2-4,6-7H2,1H3,(H,16,19)/t10-/m0/s1. The van der Waals surface area contributed by atoms with Gasteiger partial charge in [-0.3, -0.25) is 4.79 Å². The van der Waals surface area contributed by atoms with E-state index < -0.39 is 0 Å². The lowest BCUT2D eigenvalue weighted by Crippen LogP contribution is -2.40. The lowest BCUT2D eigenvalue weighted by Gasteiger charge is -2.23. The molecule has 0 bridgehead atoms. The molecule has 0 unspecified atom stereocenters. The molecule has 2 heterocycles. The third kappa shape index (κ3) is 3.89. The molecule has 0 saturated heterocycles. The first kappa shape index (κ1) is 15.6. The van der Waals surface area contributed by atoms with Crippen molar-refractivity contribution in [3.8, 4) is 10.8 Å². The van der Waals surface area contributed by atoms with Gasteiger partial charge in [0.05, 0.1) is 10.1 Å². The van der Waals surface area contributed by atoms with Crippen LogP contribution in [0.25, 0.3) is 10.8 Å². The van der Waals surface area contributed by atoms with E-state index in [2.05, 4.69) is 15.5 Å². The normalized spacial score (nSPS) is 17.3. The maximum atomic E-state index is 12.2. The Bertz CT molecular complexity index is 606. The third-order valence-corrected chi connectivity index (χ3v) is 5.53. The van der Waals surface area contributed by atoms with Crippen molar-refractivity contribution in [2.75, 3.05) is 0 Å². The van der Waals surface area contributed by atoms with Crippen LogP contribution in [0.3, 0.4) is 0 Å². The van der Waals surface area contributed by atoms with Gasteiger partial charge in [0.2, 0.25) is 5.91 Å². The Morgan fingerprint density at radius 3 is 2.95 bits per heavy atom. The maximum Gasteiger partial charge on any atom is 0.277 e. The van der Waals surface area contributed by atoms with Crippen molar-refractivity contribution in [3.63, 3.8) is 0 Å². The van der Waals surface area contributed by atoms with Gasteiger partial charge in [0.25, 0.3) is 11.1 Å². The SMILES string of the molecule is C[C@H](Sc1nnc(-c2cccs2)o1)C(=O)NC1CCCCC1. The second-order valence-electron chi connectivity index (χ2n) is 5.45. The number of nitrogens with zero attached hydrogens (tertiary/aromatic N) is 2. The zero-order valence-electron chi connectivity index (χ0n) is 12.4. The average Bonchev–Trinajstić information content (AvgIpc) is 3.19. The zero-order chi connectivity index (χ0) is 15.4. The van der Waals surface area contributed by atoms with Crippen LogP contribution in [0, 0.1) is 0 Å². The highest BCUT2D eigenvalue weighted by Crippen LogP contribution is 2.28. The van der Waals surface area contributed by atoms with Gasteiger partial charge in [-0.05, 0) is 31.2 Å². The second kappa shape index (κ2) is 7.28. The summed E-state index contributed by atoms with van der Waals surface area (Å²) in [6, 6.07) is 4.21. The Hall–Kier alpha value is -1.34. The Labute approximate surface area is 137 Å². The van der Waals surface area contributed by atoms with E-state index in [4.69, 9.17) is 4.42 Å². The van der Waals surface area contributed by atoms with E-state index >= 15 is 0 Å². The molecule has 2 aromatic rings. The molecule has 1 fully saturated rings. The molecule has 1 aliphatic carbocycles. The minimum absolute atomic E-state index is 0.0489. The number of thiophene rings is 1. The zero-order valence-corrected chi connectivity index (χ0v) is 14.1. The number of rotatable bonds is 5. The second-order valence-corrected chi connectivity index (χ2v) is 7.69. The molecule has 1 amide bonds. The van der Waals surface area contributed by atoms with Crippen LogP contribution in [0.15, 0.2) is 27.2 Å². The van der Waals surface area contributed by atoms with Crippen molar-refractivity contribution >= 4 is 29.0 Å². The number of hydrogen-bond donors (Lipinski definition) is 1. The molecule has 0 aliphatic heterocycles. The third-order valence-electron chi connectivity index (χ3n) is 3.74. The molecule has 0 radical (unpaired) electrons. The molecule has 1 N–H and O–H groups in total. The summed E-state index contributed by atoms with van der Waals surface area (Å²) in [4.78, 5) is 13.2. The fourth-order valence-corrected chi connectivity index (χ4v) is 3.86. The number of aromatic nitrogens is 2. The Balaban J connectivity index is 1.54. The van der Waals surface area contributed by atoms with Crippen LogP contribution in [0.5, 0.6) is 0 Å². The fourth-order valence-electron chi connectivity index (χ4n) is 2.53. The molecule has 1 aliphatic rings.